The van der Waals surface area contributed by atoms with Crippen LogP contribution in [0.1, 0.15) is 82.8 Å². The molecule has 2 bridgehead atoms. The number of carbonyl (C=O) groups is 12. The highest BCUT2D eigenvalue weighted by molar-refractivity contribution is 7.98. The number of methoxy groups -OCH3 is 1. The Bertz CT molecular complexity index is 2980. The number of fused-ring (bicyclic) bond motifs is 4. The zero-order chi connectivity index (χ0) is 70.7. The third-order valence-corrected chi connectivity index (χ3v) is 20.0. The van der Waals surface area contributed by atoms with E-state index in [1.54, 1.807) is 12.1 Å². The second-order valence-corrected chi connectivity index (χ2v) is 26.8. The molecule has 33 nitrogen and oxygen atoms in total. The second-order valence-electron chi connectivity index (χ2n) is 24.1. The summed E-state index contributed by atoms with van der Waals surface area (Å²) in [7, 11) is -0.974. The molecule has 35 heteroatoms. The third-order valence-electron chi connectivity index (χ3n) is 17.3. The number of rotatable bonds is 30. The van der Waals surface area contributed by atoms with Crippen molar-refractivity contribution in [3.63, 3.8) is 0 Å². The molecule has 0 radical (unpaired) electrons. The number of hydrogen-bond acceptors (Lipinski definition) is 23. The number of imide groups is 1. The van der Waals surface area contributed by atoms with Crippen molar-refractivity contribution in [2.45, 2.75) is 119 Å². The van der Waals surface area contributed by atoms with Crippen LogP contribution in [0.2, 0.25) is 0 Å². The normalized spacial score (nSPS) is 25.7. The lowest BCUT2D eigenvalue weighted by molar-refractivity contribution is -0.144. The Hall–Kier alpha value is -7.38. The van der Waals surface area contributed by atoms with Crippen LogP contribution in [0, 0.1) is 23.7 Å². The molecule has 0 spiro atoms. The number of anilines is 1. The van der Waals surface area contributed by atoms with E-state index in [4.69, 9.17) is 29.4 Å². The minimum absolute atomic E-state index is 0.0372. The van der Waals surface area contributed by atoms with Gasteiger partial charge in [0.25, 0.3) is 11.8 Å². The Morgan fingerprint density at radius 2 is 1.45 bits per heavy atom. The van der Waals surface area contributed by atoms with E-state index in [9.17, 15) is 68.1 Å². The molecule has 12 amide bonds. The molecule has 3 unspecified atom stereocenters. The number of thioether (sulfide) groups is 1. The van der Waals surface area contributed by atoms with Crippen LogP contribution in [-0.4, -0.2) is 266 Å². The van der Waals surface area contributed by atoms with Gasteiger partial charge in [0, 0.05) is 96.7 Å². The number of ether oxygens (including phenoxy) is 5. The van der Waals surface area contributed by atoms with Gasteiger partial charge in [0.05, 0.1) is 117 Å². The number of amides is 12. The summed E-state index contributed by atoms with van der Waals surface area (Å²) < 4.78 is 43.3. The van der Waals surface area contributed by atoms with Gasteiger partial charge in [0.2, 0.25) is 59.1 Å². The Balaban J connectivity index is 1.20. The molecule has 3 saturated heterocycles. The maximum absolute atomic E-state index is 15.6. The molecule has 5 aliphatic rings. The highest BCUT2D eigenvalue weighted by atomic mass is 32.2. The minimum atomic E-state index is -2.41. The maximum Gasteiger partial charge on any atom is 0.253 e. The van der Waals surface area contributed by atoms with E-state index in [2.05, 4.69) is 47.9 Å². The monoisotopic (exact) mass is 1410 g/mol. The van der Waals surface area contributed by atoms with Crippen LogP contribution in [-0.2, 0) is 93.0 Å². The van der Waals surface area contributed by atoms with Gasteiger partial charge in [-0.15, -0.1) is 0 Å². The summed E-state index contributed by atoms with van der Waals surface area (Å²) in [6.45, 7) is 4.28. The van der Waals surface area contributed by atoms with E-state index in [1.807, 2.05) is 13.8 Å². The van der Waals surface area contributed by atoms with Crippen molar-refractivity contribution in [1.82, 2.24) is 52.3 Å². The summed E-state index contributed by atoms with van der Waals surface area (Å²) >= 11 is 1.49. The number of primary amides is 1. The lowest BCUT2D eigenvalue weighted by Crippen LogP contribution is -2.61. The quantitative estimate of drug-likeness (QED) is 0.0254. The molecule has 5 aliphatic heterocycles. The largest absolute Gasteiger partial charge is 0.496 e. The summed E-state index contributed by atoms with van der Waals surface area (Å²) in [5.41, 5.74) is 6.89. The molecular formula is C62H94N12O21S2. The van der Waals surface area contributed by atoms with Gasteiger partial charge < -0.3 is 97.5 Å². The molecule has 97 heavy (non-hydrogen) atoms. The predicted octanol–water partition coefficient (Wildman–Crippen LogP) is -4.77. The van der Waals surface area contributed by atoms with Gasteiger partial charge in [-0.2, -0.15) is 11.8 Å². The smallest absolute Gasteiger partial charge is 0.253 e. The molecular weight excluding hydrogens is 1310 g/mol. The number of nitrogens with zero attached hydrogens (tertiary/aromatic N) is 2. The molecule has 5 heterocycles. The SMILES string of the molecule is CC[C@H](C)[C@@H]1CCNC(=O)CNC(=O)[C@@H]2CNC(=O)[C@H]([C@@H](C)[C@@H](O)CO)NC(=O)[C@@H]3C[C@@H](O)CN3C(=O)[C@H](CC(N)=O)NC(=O)[C@@H](CS(=O)C3Nc4c(ccc(OC)c4CSCCCCNC(=O)CCOCCOCCOCCOCCN4C(=O)C=CC4=O)C32)NC(=O)CNC1=O. The standard InChI is InChI=1S/C62H94N12O21S2/c1-5-35(2)38-12-15-65-49(80)29-67-57(85)40-28-66-60(88)54(36(3)45(77)32-75)71-59(87)44-26-37(76)31-74(44)62(89)42(27-47(63)78)70-58(86)43(69-50(81)30-68-56(38)84)34-97(90)61-53(40)39-8-9-46(91-4)41(55(39)72-61)33-96-25-7-6-14-64-48(79)13-17-92-19-21-94-23-24-95-22-20-93-18-16-73-51(82)10-11-52(73)83/h8-11,35-38,40,42-45,53-54,61,72,75-77H,5-7,12-34H2,1-4H3,(H2,63,78)(H,64,79)(H,65,80)(H,66,88)(H,67,85)(H,68,84)(H,69,81)(H,70,86)(H,71,87)/t35-,36-,37+,38-,40+,42-,43+,44-,45-,53?,54-,61?,97?/m0/s1. The lowest BCUT2D eigenvalue weighted by Gasteiger charge is -2.33. The molecule has 6 rings (SSSR count). The number of aliphatic hydroxyl groups is 3. The highest BCUT2D eigenvalue weighted by Gasteiger charge is 2.49. The first kappa shape index (κ1) is 78.6. The van der Waals surface area contributed by atoms with Gasteiger partial charge in [0.1, 0.15) is 35.3 Å². The number of aliphatic hydroxyl groups excluding tert-OH is 3. The van der Waals surface area contributed by atoms with E-state index in [0.717, 1.165) is 9.80 Å². The number of benzene rings is 1. The Labute approximate surface area is 568 Å². The van der Waals surface area contributed by atoms with Gasteiger partial charge in [-0.3, -0.25) is 66.6 Å². The van der Waals surface area contributed by atoms with E-state index in [1.165, 1.54) is 37.9 Å². The van der Waals surface area contributed by atoms with Crippen molar-refractivity contribution in [2.75, 3.05) is 129 Å². The van der Waals surface area contributed by atoms with E-state index in [0.29, 0.717) is 73.9 Å². The van der Waals surface area contributed by atoms with Crippen molar-refractivity contribution in [1.29, 1.82) is 0 Å². The summed E-state index contributed by atoms with van der Waals surface area (Å²) in [6.07, 6.45) is 0.145. The van der Waals surface area contributed by atoms with Crippen LogP contribution >= 0.6 is 11.8 Å². The molecule has 3 fully saturated rings. The minimum Gasteiger partial charge on any atom is -0.496 e. The van der Waals surface area contributed by atoms with Gasteiger partial charge in [0.15, 0.2) is 0 Å². The molecule has 0 aromatic heterocycles. The predicted molar refractivity (Wildman–Crippen MR) is 349 cm³/mol. The van der Waals surface area contributed by atoms with E-state index >= 15 is 9.00 Å². The molecule has 0 saturated carbocycles. The maximum atomic E-state index is 15.6. The van der Waals surface area contributed by atoms with Crippen LogP contribution in [0.4, 0.5) is 5.69 Å². The lowest BCUT2D eigenvalue weighted by atomic mass is 9.85. The van der Waals surface area contributed by atoms with Crippen molar-refractivity contribution < 1.29 is 101 Å². The summed E-state index contributed by atoms with van der Waals surface area (Å²) in [6, 6.07) is -3.76. The summed E-state index contributed by atoms with van der Waals surface area (Å²) in [5, 5.41) is 54.9. The first-order valence-corrected chi connectivity index (χ1v) is 35.1. The highest BCUT2D eigenvalue weighted by Crippen LogP contribution is 2.47. The Morgan fingerprint density at radius 1 is 0.794 bits per heavy atom. The van der Waals surface area contributed by atoms with Crippen molar-refractivity contribution in [3.05, 3.63) is 35.4 Å². The first-order valence-electron chi connectivity index (χ1n) is 32.6. The molecule has 13 atom stereocenters. The Morgan fingerprint density at radius 3 is 2.11 bits per heavy atom. The summed E-state index contributed by atoms with van der Waals surface area (Å²) in [5.74, 6) is -13.9. The number of hydrogen-bond donors (Lipinski definition) is 13. The zero-order valence-electron chi connectivity index (χ0n) is 55.1. The van der Waals surface area contributed by atoms with Crippen LogP contribution in [0.15, 0.2) is 24.3 Å². The van der Waals surface area contributed by atoms with Crippen LogP contribution in [0.5, 0.6) is 5.75 Å². The van der Waals surface area contributed by atoms with Gasteiger partial charge in [-0.05, 0) is 42.6 Å². The van der Waals surface area contributed by atoms with Gasteiger partial charge >= 0.3 is 0 Å². The van der Waals surface area contributed by atoms with Gasteiger partial charge in [-0.25, -0.2) is 0 Å². The average Bonchev–Trinajstić information content (AvgIpc) is 1.62. The van der Waals surface area contributed by atoms with Crippen molar-refractivity contribution in [2.24, 2.45) is 29.4 Å². The Kier molecular flexibility index (Phi) is 32.3. The number of carbonyl (C=O) groups excluding carboxylic acids is 12. The summed E-state index contributed by atoms with van der Waals surface area (Å²) in [4.78, 5) is 165. The molecule has 1 aromatic rings. The zero-order valence-corrected chi connectivity index (χ0v) is 56.7. The van der Waals surface area contributed by atoms with Crippen LogP contribution in [0.3, 0.4) is 0 Å². The van der Waals surface area contributed by atoms with Crippen LogP contribution in [0.25, 0.3) is 0 Å². The van der Waals surface area contributed by atoms with Crippen molar-refractivity contribution in [3.8, 4) is 5.75 Å². The first-order chi connectivity index (χ1) is 46.5. The second kappa shape index (κ2) is 39.9. The number of nitrogens with two attached hydrogens (primary N) is 1. The molecule has 1 aromatic carbocycles. The van der Waals surface area contributed by atoms with Gasteiger partial charge in [-0.1, -0.05) is 33.3 Å². The van der Waals surface area contributed by atoms with Crippen molar-refractivity contribution >= 4 is 99.1 Å². The fraction of sp³-hybridized carbons (Fsp3) is 0.677. The fourth-order valence-electron chi connectivity index (χ4n) is 11.7. The topological polar surface area (TPSA) is 470 Å². The average molecular weight is 1410 g/mol. The number of unbranched alkanes of at least 4 members (excludes halogenated alkanes) is 1. The third kappa shape index (κ3) is 23.4. The number of nitrogens with one attached hydrogen (secondary N) is 9. The molecule has 540 valence electrons. The molecule has 0 aliphatic carbocycles. The van der Waals surface area contributed by atoms with E-state index < -0.39 is 181 Å². The van der Waals surface area contributed by atoms with E-state index in [-0.39, 0.29) is 88.4 Å². The van der Waals surface area contributed by atoms with Crippen LogP contribution < -0.4 is 58.3 Å². The molecule has 14 N–H and O–H groups in total. The fourth-order valence-corrected chi connectivity index (χ4v) is 14.4.